The number of carbonyl (C=O) groups excluding carboxylic acids is 1. The maximum absolute atomic E-state index is 11.3. The lowest BCUT2D eigenvalue weighted by Crippen LogP contribution is -2.13. The Balaban J connectivity index is 2.70. The molecule has 6 heteroatoms. The molecular formula is C14H16Cl2O4. The average Bonchev–Trinajstić information content (AvgIpc) is 2.36. The van der Waals surface area contributed by atoms with Crippen LogP contribution in [0.1, 0.15) is 37.7 Å². The van der Waals surface area contributed by atoms with Gasteiger partial charge in [0.15, 0.2) is 0 Å². The summed E-state index contributed by atoms with van der Waals surface area (Å²) in [6, 6.07) is 4.72. The maximum Gasteiger partial charge on any atom is 0.311 e. The third kappa shape index (κ3) is 5.02. The number of carboxylic acids is 1. The summed E-state index contributed by atoms with van der Waals surface area (Å²) >= 11 is 11.8. The van der Waals surface area contributed by atoms with Crippen LogP contribution in [0.5, 0.6) is 0 Å². The van der Waals surface area contributed by atoms with Crippen LogP contribution in [0.15, 0.2) is 18.2 Å². The maximum atomic E-state index is 11.3. The standard InChI is InChI=1S/C14H16Cl2O4/c1-2-20-13(17)5-3-4-11(14(18)19)10-7-6-9(15)8-12(10)16/h6-8,11H,2-5H2,1H3,(H,18,19). The summed E-state index contributed by atoms with van der Waals surface area (Å²) in [5.74, 6) is -2.05. The van der Waals surface area contributed by atoms with Crippen LogP contribution in [-0.2, 0) is 14.3 Å². The van der Waals surface area contributed by atoms with Gasteiger partial charge in [-0.05, 0) is 37.5 Å². The van der Waals surface area contributed by atoms with Crippen molar-refractivity contribution < 1.29 is 19.4 Å². The lowest BCUT2D eigenvalue weighted by molar-refractivity contribution is -0.144. The van der Waals surface area contributed by atoms with E-state index in [0.717, 1.165) is 0 Å². The monoisotopic (exact) mass is 318 g/mol. The molecule has 0 bridgehead atoms. The first kappa shape index (κ1) is 16.8. The zero-order chi connectivity index (χ0) is 15.1. The number of esters is 1. The number of halogens is 2. The van der Waals surface area contributed by atoms with Crippen LogP contribution in [0.2, 0.25) is 10.0 Å². The molecule has 0 fully saturated rings. The van der Waals surface area contributed by atoms with E-state index in [-0.39, 0.29) is 12.4 Å². The summed E-state index contributed by atoms with van der Waals surface area (Å²) in [5, 5.41) is 10.1. The number of hydrogen-bond donors (Lipinski definition) is 1. The van der Waals surface area contributed by atoms with E-state index >= 15 is 0 Å². The number of aliphatic carboxylic acids is 1. The van der Waals surface area contributed by atoms with Crippen LogP contribution in [0.25, 0.3) is 0 Å². The molecule has 0 saturated carbocycles. The fraction of sp³-hybridized carbons (Fsp3) is 0.429. The summed E-state index contributed by atoms with van der Waals surface area (Å²) < 4.78 is 4.80. The van der Waals surface area contributed by atoms with Gasteiger partial charge in [-0.2, -0.15) is 0 Å². The molecule has 1 aromatic carbocycles. The van der Waals surface area contributed by atoms with Gasteiger partial charge in [0.2, 0.25) is 0 Å². The van der Waals surface area contributed by atoms with Gasteiger partial charge in [-0.15, -0.1) is 0 Å². The van der Waals surface area contributed by atoms with Crippen LogP contribution in [0.3, 0.4) is 0 Å². The molecule has 0 aromatic heterocycles. The van der Waals surface area contributed by atoms with Crippen molar-refractivity contribution in [2.45, 2.75) is 32.1 Å². The fourth-order valence-corrected chi connectivity index (χ4v) is 2.42. The van der Waals surface area contributed by atoms with Gasteiger partial charge in [-0.1, -0.05) is 29.3 Å². The zero-order valence-electron chi connectivity index (χ0n) is 11.1. The van der Waals surface area contributed by atoms with E-state index in [1.165, 1.54) is 6.07 Å². The second-order valence-electron chi connectivity index (χ2n) is 4.25. The third-order valence-corrected chi connectivity index (χ3v) is 3.38. The Bertz CT molecular complexity index is 488. The lowest BCUT2D eigenvalue weighted by Gasteiger charge is -2.14. The van der Waals surface area contributed by atoms with Gasteiger partial charge < -0.3 is 9.84 Å². The highest BCUT2D eigenvalue weighted by molar-refractivity contribution is 6.35. The van der Waals surface area contributed by atoms with E-state index in [9.17, 15) is 14.7 Å². The van der Waals surface area contributed by atoms with Crippen molar-refractivity contribution in [3.05, 3.63) is 33.8 Å². The summed E-state index contributed by atoms with van der Waals surface area (Å²) in [4.78, 5) is 22.6. The highest BCUT2D eigenvalue weighted by Crippen LogP contribution is 2.31. The predicted molar refractivity (Wildman–Crippen MR) is 77.3 cm³/mol. The first-order chi connectivity index (χ1) is 9.45. The van der Waals surface area contributed by atoms with Gasteiger partial charge in [0.1, 0.15) is 0 Å². The Kier molecular flexibility index (Phi) is 6.82. The molecule has 1 aromatic rings. The zero-order valence-corrected chi connectivity index (χ0v) is 12.6. The van der Waals surface area contributed by atoms with E-state index in [1.54, 1.807) is 19.1 Å². The van der Waals surface area contributed by atoms with Crippen molar-refractivity contribution in [1.82, 2.24) is 0 Å². The molecule has 1 N–H and O–H groups in total. The summed E-state index contributed by atoms with van der Waals surface area (Å²) in [5.41, 5.74) is 0.507. The molecule has 0 aliphatic carbocycles. The van der Waals surface area contributed by atoms with Crippen LogP contribution in [0, 0.1) is 0 Å². The molecule has 1 atom stereocenters. The molecule has 1 rings (SSSR count). The van der Waals surface area contributed by atoms with Gasteiger partial charge in [-0.3, -0.25) is 9.59 Å². The van der Waals surface area contributed by atoms with E-state index < -0.39 is 11.9 Å². The molecule has 110 valence electrons. The molecular weight excluding hydrogens is 303 g/mol. The molecule has 0 spiro atoms. The first-order valence-electron chi connectivity index (χ1n) is 6.29. The van der Waals surface area contributed by atoms with E-state index in [2.05, 4.69) is 0 Å². The van der Waals surface area contributed by atoms with Gasteiger partial charge in [-0.25, -0.2) is 0 Å². The molecule has 0 heterocycles. The van der Waals surface area contributed by atoms with Crippen LogP contribution >= 0.6 is 23.2 Å². The van der Waals surface area contributed by atoms with Crippen LogP contribution < -0.4 is 0 Å². The van der Waals surface area contributed by atoms with Crippen LogP contribution in [0.4, 0.5) is 0 Å². The normalized spacial score (nSPS) is 11.9. The van der Waals surface area contributed by atoms with Gasteiger partial charge in [0, 0.05) is 16.5 Å². The minimum absolute atomic E-state index is 0.197. The number of ether oxygens (including phenoxy) is 1. The second kappa shape index (κ2) is 8.12. The summed E-state index contributed by atoms with van der Waals surface area (Å²) in [6.07, 6.45) is 0.938. The Morgan fingerprint density at radius 3 is 2.60 bits per heavy atom. The molecule has 0 radical (unpaired) electrons. The van der Waals surface area contributed by atoms with Crippen molar-refractivity contribution in [2.75, 3.05) is 6.61 Å². The van der Waals surface area contributed by atoms with Crippen molar-refractivity contribution >= 4 is 35.1 Å². The second-order valence-corrected chi connectivity index (χ2v) is 5.10. The molecule has 20 heavy (non-hydrogen) atoms. The van der Waals surface area contributed by atoms with Crippen molar-refractivity contribution in [2.24, 2.45) is 0 Å². The highest BCUT2D eigenvalue weighted by atomic mass is 35.5. The largest absolute Gasteiger partial charge is 0.481 e. The number of carbonyl (C=O) groups is 2. The number of rotatable bonds is 7. The van der Waals surface area contributed by atoms with Crippen molar-refractivity contribution in [1.29, 1.82) is 0 Å². The molecule has 0 aliphatic rings. The van der Waals surface area contributed by atoms with Crippen molar-refractivity contribution in [3.63, 3.8) is 0 Å². The molecule has 1 unspecified atom stereocenters. The Morgan fingerprint density at radius 2 is 2.05 bits per heavy atom. The smallest absolute Gasteiger partial charge is 0.311 e. The van der Waals surface area contributed by atoms with E-state index in [1.807, 2.05) is 0 Å². The first-order valence-corrected chi connectivity index (χ1v) is 7.04. The number of benzene rings is 1. The lowest BCUT2D eigenvalue weighted by atomic mass is 9.93. The molecule has 0 aliphatic heterocycles. The average molecular weight is 319 g/mol. The minimum atomic E-state index is -0.974. The molecule has 0 amide bonds. The Labute approximate surface area is 127 Å². The van der Waals surface area contributed by atoms with E-state index in [0.29, 0.717) is 35.1 Å². The quantitative estimate of drug-likeness (QED) is 0.774. The van der Waals surface area contributed by atoms with Crippen LogP contribution in [-0.4, -0.2) is 23.7 Å². The van der Waals surface area contributed by atoms with E-state index in [4.69, 9.17) is 27.9 Å². The SMILES string of the molecule is CCOC(=O)CCCC(C(=O)O)c1ccc(Cl)cc1Cl. The fourth-order valence-electron chi connectivity index (χ4n) is 1.88. The van der Waals surface area contributed by atoms with Gasteiger partial charge in [0.05, 0.1) is 12.5 Å². The third-order valence-electron chi connectivity index (χ3n) is 2.82. The molecule has 4 nitrogen and oxygen atoms in total. The molecule has 0 saturated heterocycles. The predicted octanol–water partition coefficient (Wildman–Crippen LogP) is 3.90. The van der Waals surface area contributed by atoms with Crippen molar-refractivity contribution in [3.8, 4) is 0 Å². The summed E-state index contributed by atoms with van der Waals surface area (Å²) in [6.45, 7) is 2.05. The van der Waals surface area contributed by atoms with Gasteiger partial charge >= 0.3 is 11.9 Å². The Hall–Kier alpha value is -1.26. The number of carboxylic acid groups (broad SMARTS) is 1. The van der Waals surface area contributed by atoms with Gasteiger partial charge in [0.25, 0.3) is 0 Å². The highest BCUT2D eigenvalue weighted by Gasteiger charge is 2.22. The Morgan fingerprint density at radius 1 is 1.35 bits per heavy atom. The number of hydrogen-bond acceptors (Lipinski definition) is 3. The topological polar surface area (TPSA) is 63.6 Å². The summed E-state index contributed by atoms with van der Waals surface area (Å²) in [7, 11) is 0. The minimum Gasteiger partial charge on any atom is -0.481 e.